The fourth-order valence-corrected chi connectivity index (χ4v) is 1.95. The number of allylic oxidation sites excluding steroid dienone is 3. The number of hydrazine groups is 1. The van der Waals surface area contributed by atoms with E-state index in [4.69, 9.17) is 5.11 Å². The third-order valence-corrected chi connectivity index (χ3v) is 2.78. The first-order valence-corrected chi connectivity index (χ1v) is 5.24. The molecule has 0 bridgehead atoms. The van der Waals surface area contributed by atoms with E-state index < -0.39 is 5.97 Å². The van der Waals surface area contributed by atoms with Crippen molar-refractivity contribution >= 4 is 17.7 Å². The van der Waals surface area contributed by atoms with E-state index in [-0.39, 0.29) is 5.56 Å². The van der Waals surface area contributed by atoms with Crippen LogP contribution in [0.25, 0.3) is 6.08 Å². The summed E-state index contributed by atoms with van der Waals surface area (Å²) in [6.07, 6.45) is 9.64. The lowest BCUT2D eigenvalue weighted by atomic mass is 10.1. The molecule has 84 valence electrons. The average Bonchev–Trinajstić information content (AvgIpc) is 2.71. The van der Waals surface area contributed by atoms with Crippen LogP contribution in [0.3, 0.4) is 0 Å². The Bertz CT molecular complexity index is 585. The normalized spacial score (nSPS) is 15.8. The second-order valence-corrected chi connectivity index (χ2v) is 3.83. The maximum Gasteiger partial charge on any atom is 0.335 e. The molecule has 0 saturated carbocycles. The van der Waals surface area contributed by atoms with Gasteiger partial charge in [-0.3, -0.25) is 5.01 Å². The van der Waals surface area contributed by atoms with Gasteiger partial charge in [0, 0.05) is 11.8 Å². The van der Waals surface area contributed by atoms with Crippen LogP contribution in [0, 0.1) is 0 Å². The lowest BCUT2D eigenvalue weighted by Crippen LogP contribution is -2.28. The molecule has 1 aromatic carbocycles. The van der Waals surface area contributed by atoms with Crippen molar-refractivity contribution in [2.45, 2.75) is 0 Å². The molecule has 0 aliphatic carbocycles. The van der Waals surface area contributed by atoms with Crippen LogP contribution in [0.5, 0.6) is 0 Å². The van der Waals surface area contributed by atoms with Crippen LogP contribution < -0.4 is 10.4 Å². The minimum atomic E-state index is -0.918. The number of aromatic carboxylic acids is 1. The van der Waals surface area contributed by atoms with E-state index in [0.717, 1.165) is 16.9 Å². The van der Waals surface area contributed by atoms with E-state index in [1.807, 2.05) is 41.6 Å². The Hall–Kier alpha value is -2.49. The van der Waals surface area contributed by atoms with Crippen molar-refractivity contribution in [2.24, 2.45) is 0 Å². The van der Waals surface area contributed by atoms with Gasteiger partial charge in [0.15, 0.2) is 0 Å². The lowest BCUT2D eigenvalue weighted by Gasteiger charge is -2.21. The number of carbonyl (C=O) groups is 1. The fourth-order valence-electron chi connectivity index (χ4n) is 1.95. The molecular weight excluding hydrogens is 216 g/mol. The second kappa shape index (κ2) is 3.52. The highest BCUT2D eigenvalue weighted by Gasteiger charge is 2.19. The standard InChI is InChI=1S/C13H10N2O2/c16-13(17)10-5-4-9-2-1-3-11-6-7-14-15(11)12(9)8-10/h1-8,14H,(H,16,17). The zero-order valence-electron chi connectivity index (χ0n) is 8.92. The van der Waals surface area contributed by atoms with Crippen LogP contribution in [-0.2, 0) is 0 Å². The number of benzene rings is 1. The maximum absolute atomic E-state index is 11.0. The zero-order chi connectivity index (χ0) is 11.8. The summed E-state index contributed by atoms with van der Waals surface area (Å²) in [6, 6.07) is 5.09. The number of carboxylic acid groups (broad SMARTS) is 1. The van der Waals surface area contributed by atoms with Gasteiger partial charge in [0.1, 0.15) is 0 Å². The molecule has 2 aliphatic heterocycles. The molecule has 0 unspecified atom stereocenters. The van der Waals surface area contributed by atoms with Crippen LogP contribution in [0.4, 0.5) is 5.69 Å². The third-order valence-electron chi connectivity index (χ3n) is 2.78. The molecule has 4 nitrogen and oxygen atoms in total. The molecule has 0 aromatic heterocycles. The van der Waals surface area contributed by atoms with E-state index in [1.165, 1.54) is 0 Å². The molecule has 0 spiro atoms. The third kappa shape index (κ3) is 1.50. The number of carboxylic acids is 1. The van der Waals surface area contributed by atoms with E-state index in [2.05, 4.69) is 5.43 Å². The van der Waals surface area contributed by atoms with E-state index >= 15 is 0 Å². The van der Waals surface area contributed by atoms with Gasteiger partial charge < -0.3 is 10.5 Å². The summed E-state index contributed by atoms with van der Waals surface area (Å²) in [7, 11) is 0. The van der Waals surface area contributed by atoms with Crippen molar-refractivity contribution in [1.29, 1.82) is 0 Å². The summed E-state index contributed by atoms with van der Waals surface area (Å²) in [5, 5.41) is 10.9. The Morgan fingerprint density at radius 2 is 2.18 bits per heavy atom. The molecule has 3 rings (SSSR count). The Kier molecular flexibility index (Phi) is 2.01. The van der Waals surface area contributed by atoms with Gasteiger partial charge in [0.25, 0.3) is 0 Å². The number of hydrogen-bond acceptors (Lipinski definition) is 3. The van der Waals surface area contributed by atoms with Gasteiger partial charge >= 0.3 is 5.97 Å². The number of anilines is 1. The zero-order valence-corrected chi connectivity index (χ0v) is 8.92. The van der Waals surface area contributed by atoms with Crippen molar-refractivity contribution in [3.8, 4) is 0 Å². The summed E-state index contributed by atoms with van der Waals surface area (Å²) >= 11 is 0. The number of fused-ring (bicyclic) bond motifs is 3. The summed E-state index contributed by atoms with van der Waals surface area (Å²) in [5.74, 6) is -0.918. The molecule has 2 heterocycles. The largest absolute Gasteiger partial charge is 0.478 e. The van der Waals surface area contributed by atoms with Gasteiger partial charge in [-0.2, -0.15) is 0 Å². The first kappa shape index (κ1) is 9.72. The highest BCUT2D eigenvalue weighted by Crippen LogP contribution is 2.30. The highest BCUT2D eigenvalue weighted by molar-refractivity contribution is 5.90. The molecule has 2 N–H and O–H groups in total. The van der Waals surface area contributed by atoms with Crippen LogP contribution in [0.1, 0.15) is 15.9 Å². The molecule has 0 saturated heterocycles. The van der Waals surface area contributed by atoms with Crippen molar-refractivity contribution in [1.82, 2.24) is 5.43 Å². The predicted molar refractivity (Wildman–Crippen MR) is 65.3 cm³/mol. The van der Waals surface area contributed by atoms with Gasteiger partial charge in [-0.15, -0.1) is 0 Å². The fraction of sp³-hybridized carbons (Fsp3) is 0. The smallest absolute Gasteiger partial charge is 0.335 e. The molecule has 1 aromatic rings. The molecule has 17 heavy (non-hydrogen) atoms. The predicted octanol–water partition coefficient (Wildman–Crippen LogP) is 2.13. The Morgan fingerprint density at radius 1 is 1.29 bits per heavy atom. The molecule has 0 fully saturated rings. The van der Waals surface area contributed by atoms with E-state index in [1.54, 1.807) is 12.1 Å². The first-order chi connectivity index (χ1) is 8.25. The van der Waals surface area contributed by atoms with Crippen LogP contribution in [0.2, 0.25) is 0 Å². The molecule has 4 heteroatoms. The number of rotatable bonds is 1. The molecule has 0 atom stereocenters. The topological polar surface area (TPSA) is 52.6 Å². The van der Waals surface area contributed by atoms with Crippen LogP contribution in [-0.4, -0.2) is 11.1 Å². The Labute approximate surface area is 98.1 Å². The first-order valence-electron chi connectivity index (χ1n) is 5.24. The summed E-state index contributed by atoms with van der Waals surface area (Å²) in [6.45, 7) is 0. The summed E-state index contributed by atoms with van der Waals surface area (Å²) in [5.41, 5.74) is 6.17. The van der Waals surface area contributed by atoms with E-state index in [9.17, 15) is 4.79 Å². The molecule has 2 aliphatic rings. The molecule has 0 radical (unpaired) electrons. The van der Waals surface area contributed by atoms with Gasteiger partial charge in [0.05, 0.1) is 16.9 Å². The van der Waals surface area contributed by atoms with Crippen molar-refractivity contribution < 1.29 is 9.90 Å². The minimum Gasteiger partial charge on any atom is -0.478 e. The number of hydrogen-bond donors (Lipinski definition) is 2. The Morgan fingerprint density at radius 3 is 3.00 bits per heavy atom. The van der Waals surface area contributed by atoms with Crippen molar-refractivity contribution in [2.75, 3.05) is 5.01 Å². The van der Waals surface area contributed by atoms with Crippen molar-refractivity contribution in [3.63, 3.8) is 0 Å². The SMILES string of the molecule is O=C(O)c1ccc2c(c1)N1NC=CC1=CC=C2. The second-order valence-electron chi connectivity index (χ2n) is 3.83. The molecule has 0 amide bonds. The monoisotopic (exact) mass is 226 g/mol. The quantitative estimate of drug-likeness (QED) is 0.770. The lowest BCUT2D eigenvalue weighted by molar-refractivity contribution is 0.0697. The number of nitrogens with zero attached hydrogens (tertiary/aromatic N) is 1. The van der Waals surface area contributed by atoms with E-state index in [0.29, 0.717) is 0 Å². The van der Waals surface area contributed by atoms with Gasteiger partial charge in [-0.1, -0.05) is 18.2 Å². The maximum atomic E-state index is 11.0. The van der Waals surface area contributed by atoms with Crippen molar-refractivity contribution in [3.05, 3.63) is 59.5 Å². The van der Waals surface area contributed by atoms with Gasteiger partial charge in [-0.25, -0.2) is 4.79 Å². The van der Waals surface area contributed by atoms with Crippen LogP contribution >= 0.6 is 0 Å². The summed E-state index contributed by atoms with van der Waals surface area (Å²) in [4.78, 5) is 11.0. The van der Waals surface area contributed by atoms with Crippen LogP contribution in [0.15, 0.2) is 48.3 Å². The van der Waals surface area contributed by atoms with Gasteiger partial charge in [-0.05, 0) is 24.3 Å². The highest BCUT2D eigenvalue weighted by atomic mass is 16.4. The number of nitrogens with one attached hydrogen (secondary N) is 1. The summed E-state index contributed by atoms with van der Waals surface area (Å²) < 4.78 is 0. The molecular formula is C13H10N2O2. The Balaban J connectivity index is 2.16. The minimum absolute atomic E-state index is 0.284. The average molecular weight is 226 g/mol. The van der Waals surface area contributed by atoms with Gasteiger partial charge in [0.2, 0.25) is 0 Å².